The highest BCUT2D eigenvalue weighted by molar-refractivity contribution is 5.86. The molecule has 0 amide bonds. The van der Waals surface area contributed by atoms with Crippen molar-refractivity contribution in [2.45, 2.75) is 78.1 Å². The lowest BCUT2D eigenvalue weighted by molar-refractivity contribution is -0.140. The van der Waals surface area contributed by atoms with Crippen LogP contribution in [0.3, 0.4) is 0 Å². The maximum Gasteiger partial charge on any atom is 0.333 e. The molecule has 36 heavy (non-hydrogen) atoms. The third-order valence-corrected chi connectivity index (χ3v) is 6.55. The first-order chi connectivity index (χ1) is 17.3. The molecular formula is C31H42F2O3. The number of hydrogen-bond acceptors (Lipinski definition) is 3. The Morgan fingerprint density at radius 2 is 1.72 bits per heavy atom. The van der Waals surface area contributed by atoms with Crippen molar-refractivity contribution >= 4 is 12.0 Å². The lowest BCUT2D eigenvalue weighted by Gasteiger charge is -2.18. The minimum absolute atomic E-state index is 0.0715. The molecule has 0 radical (unpaired) electrons. The van der Waals surface area contributed by atoms with Crippen molar-refractivity contribution in [1.82, 2.24) is 0 Å². The Hall–Kier alpha value is -2.53. The van der Waals surface area contributed by atoms with E-state index >= 15 is 0 Å². The highest BCUT2D eigenvalue weighted by Crippen LogP contribution is 2.35. The fourth-order valence-corrected chi connectivity index (χ4v) is 4.30. The number of halogens is 2. The predicted molar refractivity (Wildman–Crippen MR) is 144 cm³/mol. The zero-order valence-electron chi connectivity index (χ0n) is 22.2. The van der Waals surface area contributed by atoms with Gasteiger partial charge in [-0.1, -0.05) is 69.2 Å². The van der Waals surface area contributed by atoms with Crippen molar-refractivity contribution in [2.24, 2.45) is 5.92 Å². The molecular weight excluding hydrogens is 458 g/mol. The Labute approximate surface area is 216 Å². The first kappa shape index (κ1) is 29.7. The van der Waals surface area contributed by atoms with Crippen molar-refractivity contribution in [1.29, 1.82) is 0 Å². The molecule has 0 saturated heterocycles. The van der Waals surface area contributed by atoms with Gasteiger partial charge in [0.05, 0.1) is 13.2 Å². The van der Waals surface area contributed by atoms with E-state index < -0.39 is 17.6 Å². The van der Waals surface area contributed by atoms with Gasteiger partial charge in [0.25, 0.3) is 0 Å². The molecule has 198 valence electrons. The van der Waals surface area contributed by atoms with Gasteiger partial charge in [0, 0.05) is 18.6 Å². The normalized spacial score (nSPS) is 15.0. The summed E-state index contributed by atoms with van der Waals surface area (Å²) in [6, 6.07) is 8.29. The molecule has 0 aliphatic heterocycles. The molecule has 0 heterocycles. The molecule has 0 saturated carbocycles. The average Bonchev–Trinajstić information content (AvgIpc) is 2.87. The van der Waals surface area contributed by atoms with E-state index in [1.54, 1.807) is 20.1 Å². The molecule has 0 fully saturated rings. The number of esters is 1. The Kier molecular flexibility index (Phi) is 13.4. The number of benzene rings is 1. The van der Waals surface area contributed by atoms with Gasteiger partial charge >= 0.3 is 5.97 Å². The van der Waals surface area contributed by atoms with Crippen LogP contribution in [-0.4, -0.2) is 26.3 Å². The molecule has 2 rings (SSSR count). The summed E-state index contributed by atoms with van der Waals surface area (Å²) in [5, 5.41) is 0. The van der Waals surface area contributed by atoms with Gasteiger partial charge in [-0.15, -0.1) is 0 Å². The zero-order valence-corrected chi connectivity index (χ0v) is 22.2. The van der Waals surface area contributed by atoms with E-state index in [4.69, 9.17) is 9.47 Å². The number of hydrogen-bond donors (Lipinski definition) is 0. The van der Waals surface area contributed by atoms with Crippen LogP contribution in [0.25, 0.3) is 6.08 Å². The van der Waals surface area contributed by atoms with Gasteiger partial charge in [-0.3, -0.25) is 0 Å². The van der Waals surface area contributed by atoms with Crippen molar-refractivity contribution in [3.8, 4) is 0 Å². The summed E-state index contributed by atoms with van der Waals surface area (Å²) in [7, 11) is 1.61. The number of ether oxygens (including phenoxy) is 2. The fraction of sp³-hybridized carbons (Fsp3) is 0.516. The number of aryl methyl sites for hydroxylation is 1. The molecule has 1 aliphatic carbocycles. The van der Waals surface area contributed by atoms with Gasteiger partial charge in [-0.05, 0) is 74.1 Å². The van der Waals surface area contributed by atoms with Gasteiger partial charge < -0.3 is 9.47 Å². The SMILES string of the molecule is C=C(C)C(=O)OCC(CCCCC1=C(F)C(F)=C(/C=C/c2ccc(CCCCC)cc2)CC1)COC. The number of carbonyl (C=O) groups is 1. The Bertz CT molecular complexity index is 941. The summed E-state index contributed by atoms with van der Waals surface area (Å²) >= 11 is 0. The van der Waals surface area contributed by atoms with E-state index in [1.807, 2.05) is 18.2 Å². The first-order valence-electron chi connectivity index (χ1n) is 13.2. The third kappa shape index (κ3) is 10.2. The van der Waals surface area contributed by atoms with Crippen molar-refractivity contribution in [2.75, 3.05) is 20.3 Å². The van der Waals surface area contributed by atoms with Crippen LogP contribution in [0, 0.1) is 5.92 Å². The number of carbonyl (C=O) groups excluding carboxylic acids is 1. The van der Waals surface area contributed by atoms with Crippen LogP contribution in [0.2, 0.25) is 0 Å². The molecule has 0 N–H and O–H groups in total. The van der Waals surface area contributed by atoms with Crippen LogP contribution in [-0.2, 0) is 20.7 Å². The van der Waals surface area contributed by atoms with E-state index in [9.17, 15) is 13.6 Å². The average molecular weight is 501 g/mol. The highest BCUT2D eigenvalue weighted by Gasteiger charge is 2.21. The second-order valence-electron chi connectivity index (χ2n) is 9.73. The topological polar surface area (TPSA) is 35.5 Å². The Balaban J connectivity index is 1.85. The summed E-state index contributed by atoms with van der Waals surface area (Å²) < 4.78 is 39.9. The first-order valence-corrected chi connectivity index (χ1v) is 13.2. The molecule has 0 aromatic heterocycles. The summed E-state index contributed by atoms with van der Waals surface area (Å²) in [5.74, 6) is -1.76. The number of unbranched alkanes of at least 4 members (excludes halogenated alkanes) is 3. The summed E-state index contributed by atoms with van der Waals surface area (Å²) in [6.45, 7) is 8.14. The molecule has 0 bridgehead atoms. The minimum atomic E-state index is -0.729. The summed E-state index contributed by atoms with van der Waals surface area (Å²) in [5.41, 5.74) is 3.64. The largest absolute Gasteiger partial charge is 0.462 e. The van der Waals surface area contributed by atoms with Crippen LogP contribution < -0.4 is 0 Å². The van der Waals surface area contributed by atoms with Crippen LogP contribution >= 0.6 is 0 Å². The van der Waals surface area contributed by atoms with Gasteiger partial charge in [-0.25, -0.2) is 13.6 Å². The van der Waals surface area contributed by atoms with Crippen molar-refractivity contribution in [3.05, 3.63) is 76.4 Å². The van der Waals surface area contributed by atoms with Crippen LogP contribution in [0.1, 0.15) is 82.8 Å². The molecule has 3 nitrogen and oxygen atoms in total. The second kappa shape index (κ2) is 16.3. The van der Waals surface area contributed by atoms with Crippen LogP contribution in [0.15, 0.2) is 65.3 Å². The molecule has 1 aromatic carbocycles. The van der Waals surface area contributed by atoms with Gasteiger partial charge in [-0.2, -0.15) is 0 Å². The molecule has 1 atom stereocenters. The van der Waals surface area contributed by atoms with Crippen LogP contribution in [0.5, 0.6) is 0 Å². The van der Waals surface area contributed by atoms with E-state index in [2.05, 4.69) is 25.6 Å². The Morgan fingerprint density at radius 1 is 1.00 bits per heavy atom. The van der Waals surface area contributed by atoms with E-state index in [1.165, 1.54) is 24.8 Å². The smallest absolute Gasteiger partial charge is 0.333 e. The lowest BCUT2D eigenvalue weighted by Crippen LogP contribution is -2.18. The third-order valence-electron chi connectivity index (χ3n) is 6.55. The molecule has 1 aliphatic rings. The Morgan fingerprint density at radius 3 is 2.39 bits per heavy atom. The van der Waals surface area contributed by atoms with Gasteiger partial charge in [0.15, 0.2) is 11.7 Å². The van der Waals surface area contributed by atoms with E-state index in [-0.39, 0.29) is 12.5 Å². The molecule has 5 heteroatoms. The maximum atomic E-state index is 14.7. The van der Waals surface area contributed by atoms with E-state index in [0.717, 1.165) is 31.2 Å². The van der Waals surface area contributed by atoms with Gasteiger partial charge in [0.2, 0.25) is 0 Å². The summed E-state index contributed by atoms with van der Waals surface area (Å²) in [4.78, 5) is 11.6. The number of methoxy groups -OCH3 is 1. The second-order valence-corrected chi connectivity index (χ2v) is 9.73. The summed E-state index contributed by atoms with van der Waals surface area (Å²) in [6.07, 6.45) is 12.2. The molecule has 1 aromatic rings. The number of rotatable bonds is 16. The minimum Gasteiger partial charge on any atom is -0.462 e. The van der Waals surface area contributed by atoms with Crippen LogP contribution in [0.4, 0.5) is 8.78 Å². The van der Waals surface area contributed by atoms with Gasteiger partial charge in [0.1, 0.15) is 0 Å². The van der Waals surface area contributed by atoms with E-state index in [0.29, 0.717) is 42.6 Å². The lowest BCUT2D eigenvalue weighted by atomic mass is 9.91. The number of allylic oxidation sites excluding steroid dienone is 5. The predicted octanol–water partition coefficient (Wildman–Crippen LogP) is 8.62. The standard InChI is InChI=1S/C31H42F2O3/c1-5-6-7-10-24-13-15-25(16-14-24)17-18-28-20-19-27(29(32)30(28)33)12-9-8-11-26(21-35-4)22-36-31(34)23(2)3/h13-18,26H,2,5-12,19-22H2,1,3-4H3/b18-17+. The zero-order chi connectivity index (χ0) is 26.3. The molecule has 0 spiro atoms. The molecule has 1 unspecified atom stereocenters. The fourth-order valence-electron chi connectivity index (χ4n) is 4.30. The van der Waals surface area contributed by atoms with Crippen molar-refractivity contribution in [3.63, 3.8) is 0 Å². The maximum absolute atomic E-state index is 14.7. The monoisotopic (exact) mass is 500 g/mol. The highest BCUT2D eigenvalue weighted by atomic mass is 19.2. The van der Waals surface area contributed by atoms with Crippen molar-refractivity contribution < 1.29 is 23.0 Å². The quantitative estimate of drug-likeness (QED) is 0.129.